The Morgan fingerprint density at radius 2 is 1.24 bits per heavy atom. The summed E-state index contributed by atoms with van der Waals surface area (Å²) < 4.78 is 53.3. The van der Waals surface area contributed by atoms with Gasteiger partial charge in [0.2, 0.25) is 0 Å². The Hall–Kier alpha value is -2.29. The lowest BCUT2D eigenvalue weighted by Crippen LogP contribution is -2.71. The van der Waals surface area contributed by atoms with E-state index in [0.717, 1.165) is 48.1 Å². The molecule has 0 amide bonds. The Balaban J connectivity index is 0.000000169. The summed E-state index contributed by atoms with van der Waals surface area (Å²) in [6.45, 7) is 4.81. The van der Waals surface area contributed by atoms with Crippen molar-refractivity contribution in [2.75, 3.05) is 45.3 Å². The minimum atomic E-state index is -1.37. The molecule has 41 heavy (non-hydrogen) atoms. The van der Waals surface area contributed by atoms with Crippen LogP contribution in [0.1, 0.15) is 75.3 Å². The average molecular weight is 599 g/mol. The van der Waals surface area contributed by atoms with Crippen molar-refractivity contribution in [3.05, 3.63) is 71.3 Å². The highest BCUT2D eigenvalue weighted by Gasteiger charge is 2.50. The van der Waals surface area contributed by atoms with Crippen LogP contribution in [0.15, 0.2) is 48.5 Å². The van der Waals surface area contributed by atoms with Gasteiger partial charge in [0.25, 0.3) is 0 Å². The number of ketones is 2. The molecule has 0 N–H and O–H groups in total. The van der Waals surface area contributed by atoms with Crippen LogP contribution >= 0.6 is 11.6 Å². The predicted octanol–water partition coefficient (Wildman–Crippen LogP) is 7.42. The van der Waals surface area contributed by atoms with Gasteiger partial charge in [0.1, 0.15) is 37.1 Å². The number of quaternary nitrogens is 2. The van der Waals surface area contributed by atoms with Gasteiger partial charge in [0.05, 0.1) is 0 Å². The fraction of sp³-hybridized carbons (Fsp3) is 0.562. The van der Waals surface area contributed by atoms with E-state index in [9.17, 15) is 27.2 Å². The van der Waals surface area contributed by atoms with Crippen LogP contribution in [0, 0.1) is 11.6 Å². The molecule has 9 heteroatoms. The molecule has 2 unspecified atom stereocenters. The number of hydrogen-bond donors (Lipinski definition) is 0. The van der Waals surface area contributed by atoms with Crippen LogP contribution in [0.25, 0.3) is 0 Å². The van der Waals surface area contributed by atoms with Crippen molar-refractivity contribution >= 4 is 23.2 Å². The quantitative estimate of drug-likeness (QED) is 0.121. The lowest BCUT2D eigenvalue weighted by molar-refractivity contribution is -1.15. The van der Waals surface area contributed by atoms with E-state index in [1.807, 2.05) is 6.07 Å². The molecule has 4 nitrogen and oxygen atoms in total. The van der Waals surface area contributed by atoms with Crippen LogP contribution in [-0.2, 0) is 9.59 Å². The summed E-state index contributed by atoms with van der Waals surface area (Å²) in [5.41, 5.74) is 1.84. The van der Waals surface area contributed by atoms with E-state index in [1.165, 1.54) is 18.2 Å². The van der Waals surface area contributed by atoms with E-state index in [4.69, 9.17) is 11.6 Å². The smallest absolute Gasteiger partial charge is 0.166 e. The number of nitrogens with zero attached hydrogens (tertiary/aromatic N) is 2. The number of benzene rings is 2. The zero-order chi connectivity index (χ0) is 28.8. The maximum absolute atomic E-state index is 13.5. The first kappa shape index (κ1) is 33.2. The number of alkyl halides is 2. The first-order chi connectivity index (χ1) is 19.1. The van der Waals surface area contributed by atoms with Gasteiger partial charge >= 0.3 is 0 Å². The Kier molecular flexibility index (Phi) is 11.9. The molecule has 2 aliphatic carbocycles. The molecule has 5 fully saturated rings. The number of piperazine rings is 3. The second kappa shape index (κ2) is 14.7. The van der Waals surface area contributed by atoms with Crippen LogP contribution in [0.2, 0.25) is 0 Å². The van der Waals surface area contributed by atoms with Crippen LogP contribution in [0.5, 0.6) is 0 Å². The molecule has 0 spiro atoms. The van der Waals surface area contributed by atoms with Crippen LogP contribution in [0.4, 0.5) is 17.7 Å². The molecule has 2 saturated carbocycles. The van der Waals surface area contributed by atoms with Gasteiger partial charge in [-0.25, -0.2) is 13.2 Å². The topological polar surface area (TPSA) is 34.1 Å². The van der Waals surface area contributed by atoms with Gasteiger partial charge in [0.15, 0.2) is 37.6 Å². The SMILES string of the molecule is C.F[N+]12CC[N+](CCl)(CC1)CC2.O=C1CCC(c2cccc(F)c2)CC1.O=C1CCC(c2cccc(F)c2)CC1F. The predicted molar refractivity (Wildman–Crippen MR) is 154 cm³/mol. The Bertz CT molecular complexity index is 1150. The number of fused-ring (bicyclic) bond motifs is 3. The lowest BCUT2D eigenvalue weighted by atomic mass is 9.82. The van der Waals surface area contributed by atoms with Gasteiger partial charge in [-0.1, -0.05) is 43.3 Å². The number of rotatable bonds is 3. The molecule has 7 rings (SSSR count). The number of carbonyl (C=O) groups excluding carboxylic acids is 2. The van der Waals surface area contributed by atoms with Gasteiger partial charge in [-0.05, 0) is 77.4 Å². The highest BCUT2D eigenvalue weighted by atomic mass is 35.5. The summed E-state index contributed by atoms with van der Waals surface area (Å²) in [5, 5.41) is 0. The number of halogens is 5. The summed E-state index contributed by atoms with van der Waals surface area (Å²) in [6, 6.07) is 13.6. The molecule has 0 aromatic heterocycles. The second-order valence-electron chi connectivity index (χ2n) is 11.7. The molecule has 2 aromatic rings. The largest absolute Gasteiger partial charge is 0.300 e. The summed E-state index contributed by atoms with van der Waals surface area (Å²) in [7, 11) is 0. The van der Waals surface area contributed by atoms with Crippen LogP contribution in [0.3, 0.4) is 0 Å². The Labute approximate surface area is 246 Å². The summed E-state index contributed by atoms with van der Waals surface area (Å²) in [6.07, 6.45) is 2.78. The summed E-state index contributed by atoms with van der Waals surface area (Å²) >= 11 is 5.85. The molecular weight excluding hydrogens is 556 g/mol. The fourth-order valence-corrected chi connectivity index (χ4v) is 6.45. The zero-order valence-electron chi connectivity index (χ0n) is 22.9. The molecule has 3 heterocycles. The molecule has 3 saturated heterocycles. The summed E-state index contributed by atoms with van der Waals surface area (Å²) in [4.78, 5) is 22.0. The molecule has 2 aromatic carbocycles. The third-order valence-corrected chi connectivity index (χ3v) is 9.45. The highest BCUT2D eigenvalue weighted by Crippen LogP contribution is 2.33. The van der Waals surface area contributed by atoms with E-state index in [0.29, 0.717) is 56.6 Å². The Morgan fingerprint density at radius 1 is 0.756 bits per heavy atom. The Morgan fingerprint density at radius 3 is 1.71 bits per heavy atom. The highest BCUT2D eigenvalue weighted by molar-refractivity contribution is 6.17. The maximum atomic E-state index is 13.5. The molecule has 2 bridgehead atoms. The van der Waals surface area contributed by atoms with E-state index >= 15 is 0 Å². The van der Waals surface area contributed by atoms with Crippen LogP contribution < -0.4 is 0 Å². The van der Waals surface area contributed by atoms with Crippen molar-refractivity contribution in [1.82, 2.24) is 0 Å². The molecule has 2 atom stereocenters. The zero-order valence-corrected chi connectivity index (χ0v) is 23.6. The van der Waals surface area contributed by atoms with Gasteiger partial charge in [0, 0.05) is 19.3 Å². The van der Waals surface area contributed by atoms with Gasteiger partial charge in [-0.3, -0.25) is 14.1 Å². The molecule has 0 radical (unpaired) electrons. The lowest BCUT2D eigenvalue weighted by Gasteiger charge is -2.48. The van der Waals surface area contributed by atoms with Crippen LogP contribution in [-0.4, -0.2) is 72.2 Å². The first-order valence-corrected chi connectivity index (χ1v) is 14.8. The maximum Gasteiger partial charge on any atom is 0.166 e. The van der Waals surface area contributed by atoms with Crippen molar-refractivity contribution in [2.45, 2.75) is 70.4 Å². The minimum absolute atomic E-state index is 0. The van der Waals surface area contributed by atoms with Gasteiger partial charge in [-0.15, -0.1) is 4.71 Å². The van der Waals surface area contributed by atoms with E-state index in [-0.39, 0.29) is 48.3 Å². The van der Waals surface area contributed by atoms with Gasteiger partial charge < -0.3 is 0 Å². The first-order valence-electron chi connectivity index (χ1n) is 14.3. The number of Topliss-reactive ketones (excluding diaryl/α,β-unsaturated/α-hetero) is 2. The van der Waals surface area contributed by atoms with E-state index in [1.54, 1.807) is 24.3 Å². The monoisotopic (exact) mass is 598 g/mol. The number of carbonyl (C=O) groups is 2. The third-order valence-electron chi connectivity index (χ3n) is 8.94. The van der Waals surface area contributed by atoms with Crippen molar-refractivity contribution in [1.29, 1.82) is 0 Å². The van der Waals surface area contributed by atoms with Crippen molar-refractivity contribution in [3.8, 4) is 0 Å². The average Bonchev–Trinajstić information content (AvgIpc) is 2.96. The fourth-order valence-electron chi connectivity index (χ4n) is 6.09. The van der Waals surface area contributed by atoms with Crippen molar-refractivity contribution < 1.29 is 36.4 Å². The van der Waals surface area contributed by atoms with Crippen molar-refractivity contribution in [3.63, 3.8) is 0 Å². The molecule has 5 aliphatic rings. The standard InChI is InChI=1S/C12H12F2O.C12H13FO.C7H14ClFN2.CH4/c13-10-3-1-2-8(6-10)9-4-5-12(15)11(14)7-9;13-11-3-1-2-10(8-11)9-4-6-12(14)7-5-9;8-7-10-1-4-11(9,5-2-10)6-3-10;/h1-3,6,9,11H,4-5,7H2;1-3,8-9H,4-7H2;1-7H2;1H4/q;;+2;. The van der Waals surface area contributed by atoms with E-state index < -0.39 is 6.17 Å². The van der Waals surface area contributed by atoms with Crippen molar-refractivity contribution in [2.24, 2.45) is 0 Å². The third kappa shape index (κ3) is 9.10. The molecule has 3 aliphatic heterocycles. The van der Waals surface area contributed by atoms with Gasteiger partial charge in [-0.2, -0.15) is 0 Å². The van der Waals surface area contributed by atoms with E-state index in [2.05, 4.69) is 0 Å². The second-order valence-corrected chi connectivity index (χ2v) is 11.9. The normalized spacial score (nSPS) is 29.4. The minimum Gasteiger partial charge on any atom is -0.300 e. The number of hydrogen-bond acceptors (Lipinski definition) is 2. The summed E-state index contributed by atoms with van der Waals surface area (Å²) in [5.74, 6) is -0.101. The molecular formula is C32H43ClF4N2O2+2. The molecule has 226 valence electrons.